The van der Waals surface area contributed by atoms with Gasteiger partial charge in [-0.15, -0.1) is 0 Å². The lowest BCUT2D eigenvalue weighted by molar-refractivity contribution is -0.136. The van der Waals surface area contributed by atoms with Crippen molar-refractivity contribution in [1.82, 2.24) is 0 Å². The number of nitrogens with two attached hydrogens (primary N) is 1. The second-order valence-electron chi connectivity index (χ2n) is 7.78. The van der Waals surface area contributed by atoms with Crippen LogP contribution in [0.15, 0.2) is 96.0 Å². The van der Waals surface area contributed by atoms with Crippen molar-refractivity contribution in [2.24, 2.45) is 5.73 Å². The molecular formula is C28H25N3O5. The summed E-state index contributed by atoms with van der Waals surface area (Å²) < 4.78 is 21.9. The molecule has 8 nitrogen and oxygen atoms in total. The molecule has 8 heteroatoms. The number of ether oxygens (including phenoxy) is 4. The van der Waals surface area contributed by atoms with Crippen LogP contribution in [0.2, 0.25) is 0 Å². The Morgan fingerprint density at radius 3 is 2.22 bits per heavy atom. The van der Waals surface area contributed by atoms with Gasteiger partial charge in [-0.3, -0.25) is 0 Å². The molecule has 0 bridgehead atoms. The standard InChI is InChI=1S/C28H25N3O5/c1-33-24-11-7-10-21(26(24)34-2)25-22(16-29)27(30)31(17-23(25)28(32)35-3)18-12-14-20(15-13-18)36-19-8-5-4-6-9-19/h4-15,17,25H,30H2,1-3H3. The quantitative estimate of drug-likeness (QED) is 0.475. The second kappa shape index (κ2) is 10.6. The lowest BCUT2D eigenvalue weighted by Gasteiger charge is -2.32. The SMILES string of the molecule is COC(=O)C1=CN(c2ccc(Oc3ccccc3)cc2)C(N)=C(C#N)C1c1cccc(OC)c1OC. The largest absolute Gasteiger partial charge is 0.493 e. The summed E-state index contributed by atoms with van der Waals surface area (Å²) in [4.78, 5) is 14.5. The molecular weight excluding hydrogens is 458 g/mol. The van der Waals surface area contributed by atoms with E-state index in [9.17, 15) is 10.1 Å². The molecule has 0 saturated heterocycles. The van der Waals surface area contributed by atoms with Crippen LogP contribution in [-0.2, 0) is 9.53 Å². The van der Waals surface area contributed by atoms with Crippen LogP contribution < -0.4 is 24.8 Å². The fraction of sp³-hybridized carbons (Fsp3) is 0.143. The highest BCUT2D eigenvalue weighted by Gasteiger charge is 2.37. The Kier molecular flexibility index (Phi) is 7.12. The highest BCUT2D eigenvalue weighted by Crippen LogP contribution is 2.45. The number of hydrogen-bond donors (Lipinski definition) is 1. The number of rotatable bonds is 7. The Morgan fingerprint density at radius 2 is 1.61 bits per heavy atom. The molecule has 1 atom stereocenters. The van der Waals surface area contributed by atoms with Gasteiger partial charge in [-0.05, 0) is 42.5 Å². The van der Waals surface area contributed by atoms with E-state index < -0.39 is 11.9 Å². The van der Waals surface area contributed by atoms with Gasteiger partial charge < -0.3 is 29.6 Å². The number of nitriles is 1. The monoisotopic (exact) mass is 483 g/mol. The maximum atomic E-state index is 12.9. The lowest BCUT2D eigenvalue weighted by atomic mass is 9.82. The number of esters is 1. The summed E-state index contributed by atoms with van der Waals surface area (Å²) >= 11 is 0. The van der Waals surface area contributed by atoms with E-state index >= 15 is 0 Å². The first-order valence-corrected chi connectivity index (χ1v) is 11.0. The van der Waals surface area contributed by atoms with Gasteiger partial charge in [0.05, 0.1) is 44.5 Å². The fourth-order valence-corrected chi connectivity index (χ4v) is 4.10. The first-order chi connectivity index (χ1) is 17.5. The first-order valence-electron chi connectivity index (χ1n) is 11.0. The minimum Gasteiger partial charge on any atom is -0.493 e. The molecule has 0 fully saturated rings. The van der Waals surface area contributed by atoms with Crippen molar-refractivity contribution in [3.8, 4) is 29.1 Å². The van der Waals surface area contributed by atoms with Crippen LogP contribution in [0, 0.1) is 11.3 Å². The fourth-order valence-electron chi connectivity index (χ4n) is 4.10. The Balaban J connectivity index is 1.78. The molecule has 0 aromatic heterocycles. The molecule has 1 aliphatic heterocycles. The topological polar surface area (TPSA) is 107 Å². The van der Waals surface area contributed by atoms with Gasteiger partial charge in [0.15, 0.2) is 11.5 Å². The van der Waals surface area contributed by atoms with Crippen LogP contribution in [0.3, 0.4) is 0 Å². The summed E-state index contributed by atoms with van der Waals surface area (Å²) in [5.41, 5.74) is 8.09. The Bertz CT molecular complexity index is 1360. The normalized spacial score (nSPS) is 15.0. The predicted octanol–water partition coefficient (Wildman–Crippen LogP) is 4.85. The van der Waals surface area contributed by atoms with Crippen LogP contribution in [0.4, 0.5) is 5.69 Å². The minimum absolute atomic E-state index is 0.175. The molecule has 182 valence electrons. The van der Waals surface area contributed by atoms with Gasteiger partial charge in [0.25, 0.3) is 0 Å². The van der Waals surface area contributed by atoms with Crippen molar-refractivity contribution >= 4 is 11.7 Å². The summed E-state index contributed by atoms with van der Waals surface area (Å²) in [6.45, 7) is 0. The molecule has 0 saturated carbocycles. The Morgan fingerprint density at radius 1 is 0.917 bits per heavy atom. The number of benzene rings is 3. The third-order valence-corrected chi connectivity index (χ3v) is 5.78. The van der Waals surface area contributed by atoms with E-state index in [4.69, 9.17) is 24.7 Å². The van der Waals surface area contributed by atoms with Gasteiger partial charge in [0, 0.05) is 17.5 Å². The molecule has 3 aromatic rings. The first kappa shape index (κ1) is 24.2. The summed E-state index contributed by atoms with van der Waals surface area (Å²) in [6, 6.07) is 24.0. The number of carbonyl (C=O) groups is 1. The maximum absolute atomic E-state index is 12.9. The number of carbonyl (C=O) groups excluding carboxylic acids is 1. The van der Waals surface area contributed by atoms with Crippen LogP contribution in [-0.4, -0.2) is 27.3 Å². The highest BCUT2D eigenvalue weighted by atomic mass is 16.5. The zero-order valence-electron chi connectivity index (χ0n) is 20.1. The van der Waals surface area contributed by atoms with Crippen LogP contribution in [0.5, 0.6) is 23.0 Å². The summed E-state index contributed by atoms with van der Waals surface area (Å²) in [6.07, 6.45) is 1.58. The van der Waals surface area contributed by atoms with E-state index in [1.165, 1.54) is 21.3 Å². The Labute approximate surface area is 209 Å². The van der Waals surface area contributed by atoms with E-state index in [0.717, 1.165) is 0 Å². The summed E-state index contributed by atoms with van der Waals surface area (Å²) in [7, 11) is 4.30. The average Bonchev–Trinajstić information content (AvgIpc) is 2.92. The number of hydrogen-bond acceptors (Lipinski definition) is 8. The van der Waals surface area contributed by atoms with Crippen LogP contribution in [0.1, 0.15) is 11.5 Å². The average molecular weight is 484 g/mol. The third kappa shape index (κ3) is 4.55. The third-order valence-electron chi connectivity index (χ3n) is 5.78. The van der Waals surface area contributed by atoms with Crippen LogP contribution >= 0.6 is 0 Å². The van der Waals surface area contributed by atoms with Gasteiger partial charge in [0.1, 0.15) is 17.3 Å². The van der Waals surface area contributed by atoms with Gasteiger partial charge in [0.2, 0.25) is 0 Å². The van der Waals surface area contributed by atoms with Gasteiger partial charge in [-0.1, -0.05) is 30.3 Å². The highest BCUT2D eigenvalue weighted by molar-refractivity contribution is 5.93. The predicted molar refractivity (Wildman–Crippen MR) is 135 cm³/mol. The minimum atomic E-state index is -0.815. The van der Waals surface area contributed by atoms with Crippen molar-refractivity contribution in [3.63, 3.8) is 0 Å². The molecule has 4 rings (SSSR count). The molecule has 1 unspecified atom stereocenters. The van der Waals surface area contributed by atoms with Crippen molar-refractivity contribution in [3.05, 3.63) is 102 Å². The van der Waals surface area contributed by atoms with Crippen LogP contribution in [0.25, 0.3) is 0 Å². The smallest absolute Gasteiger partial charge is 0.336 e. The molecule has 0 spiro atoms. The molecule has 3 aromatic carbocycles. The van der Waals surface area contributed by atoms with Crippen molar-refractivity contribution in [2.75, 3.05) is 26.2 Å². The second-order valence-corrected chi connectivity index (χ2v) is 7.78. The molecule has 0 radical (unpaired) electrons. The van der Waals surface area contributed by atoms with Crippen molar-refractivity contribution in [2.45, 2.75) is 5.92 Å². The zero-order chi connectivity index (χ0) is 25.7. The number of para-hydroxylation sites is 2. The molecule has 1 heterocycles. The van der Waals surface area contributed by atoms with E-state index in [1.54, 1.807) is 53.6 Å². The number of allylic oxidation sites excluding steroid dienone is 1. The van der Waals surface area contributed by atoms with E-state index in [2.05, 4.69) is 6.07 Å². The molecule has 36 heavy (non-hydrogen) atoms. The molecule has 2 N–H and O–H groups in total. The van der Waals surface area contributed by atoms with E-state index in [1.807, 2.05) is 30.3 Å². The van der Waals surface area contributed by atoms with Crippen molar-refractivity contribution in [1.29, 1.82) is 5.26 Å². The number of anilines is 1. The number of methoxy groups -OCH3 is 3. The number of nitrogens with zero attached hydrogens (tertiary/aromatic N) is 2. The van der Waals surface area contributed by atoms with Crippen molar-refractivity contribution < 1.29 is 23.7 Å². The Hall–Kier alpha value is -4.90. The molecule has 0 amide bonds. The lowest BCUT2D eigenvalue weighted by Crippen LogP contribution is -2.33. The van der Waals surface area contributed by atoms with Gasteiger partial charge >= 0.3 is 5.97 Å². The molecule has 1 aliphatic rings. The molecule has 0 aliphatic carbocycles. The summed E-state index contributed by atoms with van der Waals surface area (Å²) in [5, 5.41) is 10.1. The van der Waals surface area contributed by atoms with E-state index in [-0.39, 0.29) is 17.0 Å². The summed E-state index contributed by atoms with van der Waals surface area (Å²) in [5.74, 6) is 0.960. The van der Waals surface area contributed by atoms with Gasteiger partial charge in [-0.2, -0.15) is 5.26 Å². The van der Waals surface area contributed by atoms with E-state index in [0.29, 0.717) is 34.2 Å². The van der Waals surface area contributed by atoms with Gasteiger partial charge in [-0.25, -0.2) is 4.79 Å². The maximum Gasteiger partial charge on any atom is 0.336 e. The zero-order valence-corrected chi connectivity index (χ0v) is 20.1.